The van der Waals surface area contributed by atoms with Crippen LogP contribution in [0.2, 0.25) is 0 Å². The smallest absolute Gasteiger partial charge is 0.161 e. The average molecular weight is 254 g/mol. The van der Waals surface area contributed by atoms with E-state index in [1.54, 1.807) is 33.5 Å². The van der Waals surface area contributed by atoms with E-state index in [2.05, 4.69) is 0 Å². The van der Waals surface area contributed by atoms with Gasteiger partial charge < -0.3 is 19.3 Å². The maximum absolute atomic E-state index is 10.2. The summed E-state index contributed by atoms with van der Waals surface area (Å²) in [6.07, 6.45) is -0.0846. The van der Waals surface area contributed by atoms with Gasteiger partial charge in [-0.3, -0.25) is 0 Å². The summed E-state index contributed by atoms with van der Waals surface area (Å²) in [6.45, 7) is 3.88. The Morgan fingerprint density at radius 1 is 1.11 bits per heavy atom. The molecule has 0 bridgehead atoms. The highest BCUT2D eigenvalue weighted by Crippen LogP contribution is 2.33. The molecule has 0 fully saturated rings. The molecule has 4 nitrogen and oxygen atoms in total. The second-order valence-corrected chi connectivity index (χ2v) is 4.80. The van der Waals surface area contributed by atoms with Crippen LogP contribution in [0.5, 0.6) is 11.5 Å². The van der Waals surface area contributed by atoms with Crippen molar-refractivity contribution in [1.82, 2.24) is 0 Å². The Morgan fingerprint density at radius 3 is 2.22 bits per heavy atom. The number of ether oxygens (including phenoxy) is 3. The third-order valence-electron chi connectivity index (χ3n) is 3.03. The van der Waals surface area contributed by atoms with Crippen LogP contribution in [0.25, 0.3) is 0 Å². The molecule has 0 aromatic heterocycles. The molecule has 0 amide bonds. The Kier molecular flexibility index (Phi) is 4.99. The van der Waals surface area contributed by atoms with E-state index in [1.807, 2.05) is 19.9 Å². The third kappa shape index (κ3) is 3.62. The van der Waals surface area contributed by atoms with Gasteiger partial charge in [0.1, 0.15) is 0 Å². The highest BCUT2D eigenvalue weighted by molar-refractivity contribution is 5.43. The lowest BCUT2D eigenvalue weighted by Gasteiger charge is -2.26. The molecule has 4 heteroatoms. The summed E-state index contributed by atoms with van der Waals surface area (Å²) in [5, 5.41) is 10.2. The average Bonchev–Trinajstić information content (AvgIpc) is 2.37. The maximum Gasteiger partial charge on any atom is 0.161 e. The normalized spacial score (nSPS) is 13.2. The summed E-state index contributed by atoms with van der Waals surface area (Å²) >= 11 is 0. The van der Waals surface area contributed by atoms with Gasteiger partial charge in [-0.2, -0.15) is 0 Å². The zero-order valence-electron chi connectivity index (χ0n) is 11.7. The van der Waals surface area contributed by atoms with Crippen LogP contribution in [0.4, 0.5) is 0 Å². The second kappa shape index (κ2) is 6.07. The van der Waals surface area contributed by atoms with Crippen LogP contribution in [-0.4, -0.2) is 32.0 Å². The first kappa shape index (κ1) is 14.8. The lowest BCUT2D eigenvalue weighted by molar-refractivity contribution is -0.0201. The van der Waals surface area contributed by atoms with E-state index < -0.39 is 6.10 Å². The summed E-state index contributed by atoms with van der Waals surface area (Å²) < 4.78 is 15.7. The van der Waals surface area contributed by atoms with Crippen LogP contribution >= 0.6 is 0 Å². The highest BCUT2D eigenvalue weighted by Gasteiger charge is 2.23. The minimum absolute atomic E-state index is 0.368. The van der Waals surface area contributed by atoms with Gasteiger partial charge in [-0.05, 0) is 31.5 Å². The fraction of sp³-hybridized carbons (Fsp3) is 0.571. The molecule has 0 radical (unpaired) electrons. The second-order valence-electron chi connectivity index (χ2n) is 4.80. The molecule has 0 aliphatic heterocycles. The molecule has 0 aliphatic carbocycles. The van der Waals surface area contributed by atoms with Crippen LogP contribution in [0, 0.1) is 0 Å². The van der Waals surface area contributed by atoms with Crippen LogP contribution < -0.4 is 9.47 Å². The molecule has 1 N–H and O–H groups in total. The number of hydrogen-bond donors (Lipinski definition) is 1. The summed E-state index contributed by atoms with van der Waals surface area (Å²) in [4.78, 5) is 0. The Labute approximate surface area is 108 Å². The molecule has 0 heterocycles. The van der Waals surface area contributed by atoms with E-state index in [0.717, 1.165) is 5.56 Å². The minimum atomic E-state index is -0.597. The lowest BCUT2D eigenvalue weighted by atomic mass is 9.95. The molecule has 0 spiro atoms. The van der Waals surface area contributed by atoms with Gasteiger partial charge in [0.2, 0.25) is 0 Å². The first-order valence-corrected chi connectivity index (χ1v) is 5.88. The van der Waals surface area contributed by atoms with Gasteiger partial charge in [-0.15, -0.1) is 0 Å². The fourth-order valence-electron chi connectivity index (χ4n) is 1.73. The van der Waals surface area contributed by atoms with Gasteiger partial charge in [0.15, 0.2) is 11.5 Å². The van der Waals surface area contributed by atoms with Crippen LogP contribution in [-0.2, 0) is 4.74 Å². The summed E-state index contributed by atoms with van der Waals surface area (Å²) in [5.41, 5.74) is 0.421. The lowest BCUT2D eigenvalue weighted by Crippen LogP contribution is -2.25. The van der Waals surface area contributed by atoms with Crippen molar-refractivity contribution in [3.8, 4) is 11.5 Å². The number of benzene rings is 1. The van der Waals surface area contributed by atoms with Gasteiger partial charge in [0, 0.05) is 13.5 Å². The predicted octanol–water partition coefficient (Wildman–Crippen LogP) is 2.55. The molecule has 1 aromatic rings. The Balaban J connectivity index is 2.90. The van der Waals surface area contributed by atoms with E-state index in [-0.39, 0.29) is 5.60 Å². The highest BCUT2D eigenvalue weighted by atomic mass is 16.5. The van der Waals surface area contributed by atoms with E-state index in [0.29, 0.717) is 17.9 Å². The number of methoxy groups -OCH3 is 3. The van der Waals surface area contributed by atoms with Crippen molar-refractivity contribution in [2.45, 2.75) is 32.0 Å². The van der Waals surface area contributed by atoms with Crippen LogP contribution in [0.3, 0.4) is 0 Å². The molecular formula is C14H22O4. The SMILES string of the molecule is COc1ccc(C(O)CC(C)(C)OC)cc1OC. The van der Waals surface area contributed by atoms with Gasteiger partial charge in [-0.1, -0.05) is 6.07 Å². The van der Waals surface area contributed by atoms with Crippen molar-refractivity contribution in [1.29, 1.82) is 0 Å². The molecule has 1 unspecified atom stereocenters. The Bertz CT molecular complexity index is 387. The van der Waals surface area contributed by atoms with Gasteiger partial charge in [0.25, 0.3) is 0 Å². The van der Waals surface area contributed by atoms with Crippen LogP contribution in [0.15, 0.2) is 18.2 Å². The molecular weight excluding hydrogens is 232 g/mol. The van der Waals surface area contributed by atoms with Crippen molar-refractivity contribution in [2.24, 2.45) is 0 Å². The minimum Gasteiger partial charge on any atom is -0.493 e. The first-order chi connectivity index (χ1) is 8.43. The summed E-state index contributed by atoms with van der Waals surface area (Å²) in [7, 11) is 4.80. The van der Waals surface area contributed by atoms with Crippen molar-refractivity contribution in [3.63, 3.8) is 0 Å². The van der Waals surface area contributed by atoms with Gasteiger partial charge >= 0.3 is 0 Å². The van der Waals surface area contributed by atoms with E-state index >= 15 is 0 Å². The van der Waals surface area contributed by atoms with E-state index in [4.69, 9.17) is 14.2 Å². The molecule has 1 rings (SSSR count). The standard InChI is InChI=1S/C14H22O4/c1-14(2,18-5)9-11(15)10-6-7-12(16-3)13(8-10)17-4/h6-8,11,15H,9H2,1-5H3. The largest absolute Gasteiger partial charge is 0.493 e. The molecule has 18 heavy (non-hydrogen) atoms. The molecule has 0 saturated carbocycles. The summed E-state index contributed by atoms with van der Waals surface area (Å²) in [6, 6.07) is 5.41. The van der Waals surface area contributed by atoms with Crippen molar-refractivity contribution >= 4 is 0 Å². The maximum atomic E-state index is 10.2. The van der Waals surface area contributed by atoms with Crippen molar-refractivity contribution in [3.05, 3.63) is 23.8 Å². The molecule has 1 atom stereocenters. The Hall–Kier alpha value is -1.26. The summed E-state index contributed by atoms with van der Waals surface area (Å²) in [5.74, 6) is 1.27. The Morgan fingerprint density at radius 2 is 1.72 bits per heavy atom. The zero-order valence-corrected chi connectivity index (χ0v) is 11.7. The topological polar surface area (TPSA) is 47.9 Å². The van der Waals surface area contributed by atoms with Crippen LogP contribution in [0.1, 0.15) is 31.9 Å². The van der Waals surface area contributed by atoms with E-state index in [1.165, 1.54) is 0 Å². The fourth-order valence-corrected chi connectivity index (χ4v) is 1.73. The van der Waals surface area contributed by atoms with E-state index in [9.17, 15) is 5.11 Å². The van der Waals surface area contributed by atoms with Crippen molar-refractivity contribution in [2.75, 3.05) is 21.3 Å². The number of aliphatic hydroxyl groups is 1. The van der Waals surface area contributed by atoms with Gasteiger partial charge in [-0.25, -0.2) is 0 Å². The first-order valence-electron chi connectivity index (χ1n) is 5.88. The number of rotatable bonds is 6. The molecule has 1 aromatic carbocycles. The molecule has 0 saturated heterocycles. The van der Waals surface area contributed by atoms with Gasteiger partial charge in [0.05, 0.1) is 25.9 Å². The monoisotopic (exact) mass is 254 g/mol. The number of hydrogen-bond acceptors (Lipinski definition) is 4. The molecule has 102 valence electrons. The zero-order chi connectivity index (χ0) is 13.8. The quantitative estimate of drug-likeness (QED) is 0.847. The molecule has 0 aliphatic rings. The predicted molar refractivity (Wildman–Crippen MR) is 70.2 cm³/mol. The van der Waals surface area contributed by atoms with Crippen molar-refractivity contribution < 1.29 is 19.3 Å². The number of aliphatic hydroxyl groups excluding tert-OH is 1. The third-order valence-corrected chi connectivity index (χ3v) is 3.03.